The van der Waals surface area contributed by atoms with Crippen LogP contribution in [0.1, 0.15) is 5.56 Å². The third kappa shape index (κ3) is 3.92. The van der Waals surface area contributed by atoms with Crippen molar-refractivity contribution in [2.45, 2.75) is 0 Å². The van der Waals surface area contributed by atoms with Crippen LogP contribution < -0.4 is 14.7 Å². The standard InChI is InChI=1S/C28H28N4O2/c1-29(2)23-14-9-15-24(20-23)32-27(33)25(21-10-5-3-6-11-21)26(28(32)34)31-18-16-30(17-19-31)22-12-7-4-8-13-22/h3-15,20H,16-19H2,1-2H3. The molecule has 0 spiro atoms. The Morgan fingerprint density at radius 3 is 1.88 bits per heavy atom. The number of rotatable bonds is 5. The molecule has 0 atom stereocenters. The van der Waals surface area contributed by atoms with Gasteiger partial charge < -0.3 is 14.7 Å². The van der Waals surface area contributed by atoms with E-state index in [-0.39, 0.29) is 11.8 Å². The first-order chi connectivity index (χ1) is 16.5. The quantitative estimate of drug-likeness (QED) is 0.550. The molecule has 2 heterocycles. The molecule has 3 aromatic rings. The van der Waals surface area contributed by atoms with E-state index < -0.39 is 0 Å². The summed E-state index contributed by atoms with van der Waals surface area (Å²) in [5, 5.41) is 0. The number of piperazine rings is 1. The van der Waals surface area contributed by atoms with Crippen molar-refractivity contribution in [3.05, 3.63) is 96.2 Å². The van der Waals surface area contributed by atoms with Gasteiger partial charge in [0.05, 0.1) is 11.3 Å². The molecule has 0 saturated carbocycles. The van der Waals surface area contributed by atoms with E-state index >= 15 is 0 Å². The van der Waals surface area contributed by atoms with Crippen LogP contribution in [0.3, 0.4) is 0 Å². The summed E-state index contributed by atoms with van der Waals surface area (Å²) in [5.41, 5.74) is 4.45. The van der Waals surface area contributed by atoms with Gasteiger partial charge in [-0.05, 0) is 35.9 Å². The van der Waals surface area contributed by atoms with Gasteiger partial charge in [-0.3, -0.25) is 9.59 Å². The van der Waals surface area contributed by atoms with Gasteiger partial charge >= 0.3 is 0 Å². The molecule has 0 N–H and O–H groups in total. The number of carbonyl (C=O) groups is 2. The zero-order chi connectivity index (χ0) is 23.7. The van der Waals surface area contributed by atoms with Crippen LogP contribution in [0.4, 0.5) is 17.1 Å². The third-order valence-corrected chi connectivity index (χ3v) is 6.44. The second-order valence-electron chi connectivity index (χ2n) is 8.76. The number of benzene rings is 3. The average Bonchev–Trinajstić information content (AvgIpc) is 3.15. The molecule has 3 aromatic carbocycles. The number of amides is 2. The molecular formula is C28H28N4O2. The Morgan fingerprint density at radius 1 is 0.647 bits per heavy atom. The van der Waals surface area contributed by atoms with E-state index in [0.717, 1.165) is 24.3 Å². The highest BCUT2D eigenvalue weighted by molar-refractivity contribution is 6.45. The van der Waals surface area contributed by atoms with Gasteiger partial charge in [-0.2, -0.15) is 0 Å². The minimum absolute atomic E-state index is 0.257. The molecule has 1 saturated heterocycles. The Balaban J connectivity index is 1.49. The summed E-state index contributed by atoms with van der Waals surface area (Å²) < 4.78 is 0. The van der Waals surface area contributed by atoms with Crippen LogP contribution >= 0.6 is 0 Å². The van der Waals surface area contributed by atoms with E-state index in [1.165, 1.54) is 10.6 Å². The first-order valence-electron chi connectivity index (χ1n) is 11.6. The Morgan fingerprint density at radius 2 is 1.24 bits per heavy atom. The summed E-state index contributed by atoms with van der Waals surface area (Å²) in [5.74, 6) is -0.527. The lowest BCUT2D eigenvalue weighted by atomic mass is 10.0. The lowest BCUT2D eigenvalue weighted by Gasteiger charge is -2.37. The van der Waals surface area contributed by atoms with Crippen molar-refractivity contribution in [3.63, 3.8) is 0 Å². The summed E-state index contributed by atoms with van der Waals surface area (Å²) in [6, 6.07) is 27.4. The van der Waals surface area contributed by atoms with Crippen molar-refractivity contribution in [2.24, 2.45) is 0 Å². The van der Waals surface area contributed by atoms with Crippen LogP contribution in [0.25, 0.3) is 5.57 Å². The third-order valence-electron chi connectivity index (χ3n) is 6.44. The molecule has 2 aliphatic heterocycles. The van der Waals surface area contributed by atoms with Gasteiger partial charge in [-0.1, -0.05) is 54.6 Å². The Hall–Kier alpha value is -4.06. The van der Waals surface area contributed by atoms with E-state index in [9.17, 15) is 9.59 Å². The number of para-hydroxylation sites is 1. The zero-order valence-corrected chi connectivity index (χ0v) is 19.5. The lowest BCUT2D eigenvalue weighted by molar-refractivity contribution is -0.120. The molecule has 2 amide bonds. The molecule has 0 aromatic heterocycles. The first-order valence-corrected chi connectivity index (χ1v) is 11.6. The minimum atomic E-state index is -0.271. The van der Waals surface area contributed by atoms with Crippen LogP contribution in [-0.4, -0.2) is 57.0 Å². The SMILES string of the molecule is CN(C)c1cccc(N2C(=O)C(c3ccccc3)=C(N3CCN(c4ccccc4)CC3)C2=O)c1. The molecule has 0 unspecified atom stereocenters. The molecule has 6 heteroatoms. The smallest absolute Gasteiger partial charge is 0.282 e. The fourth-order valence-corrected chi connectivity index (χ4v) is 4.65. The van der Waals surface area contributed by atoms with Crippen LogP contribution in [0.15, 0.2) is 90.6 Å². The van der Waals surface area contributed by atoms with Gasteiger partial charge in [0.15, 0.2) is 0 Å². The number of carbonyl (C=O) groups excluding carboxylic acids is 2. The first kappa shape index (κ1) is 21.8. The maximum Gasteiger partial charge on any atom is 0.282 e. The maximum atomic E-state index is 13.8. The number of nitrogens with zero attached hydrogens (tertiary/aromatic N) is 4. The molecule has 5 rings (SSSR count). The van der Waals surface area contributed by atoms with Gasteiger partial charge in [0.1, 0.15) is 5.70 Å². The molecule has 2 aliphatic rings. The van der Waals surface area contributed by atoms with E-state index in [1.54, 1.807) is 0 Å². The van der Waals surface area contributed by atoms with Gasteiger partial charge in [-0.15, -0.1) is 0 Å². The van der Waals surface area contributed by atoms with Gasteiger partial charge in [0, 0.05) is 51.6 Å². The molecule has 1 fully saturated rings. The summed E-state index contributed by atoms with van der Waals surface area (Å²) >= 11 is 0. The minimum Gasteiger partial charge on any atom is -0.378 e. The molecule has 0 bridgehead atoms. The van der Waals surface area contributed by atoms with Crippen LogP contribution in [0, 0.1) is 0 Å². The van der Waals surface area contributed by atoms with Crippen LogP contribution in [0.5, 0.6) is 0 Å². The Labute approximate surface area is 200 Å². The number of imide groups is 1. The highest BCUT2D eigenvalue weighted by Gasteiger charge is 2.43. The van der Waals surface area contributed by atoms with Gasteiger partial charge in [-0.25, -0.2) is 4.90 Å². The molecule has 172 valence electrons. The normalized spacial score (nSPS) is 16.5. The summed E-state index contributed by atoms with van der Waals surface area (Å²) in [6.07, 6.45) is 0. The predicted octanol–water partition coefficient (Wildman–Crippen LogP) is 3.86. The number of hydrogen-bond donors (Lipinski definition) is 0. The molecule has 0 aliphatic carbocycles. The van der Waals surface area contributed by atoms with E-state index in [0.29, 0.717) is 30.0 Å². The molecule has 34 heavy (non-hydrogen) atoms. The van der Waals surface area contributed by atoms with E-state index in [4.69, 9.17) is 0 Å². The number of anilines is 3. The van der Waals surface area contributed by atoms with Crippen molar-refractivity contribution in [1.29, 1.82) is 0 Å². The van der Waals surface area contributed by atoms with Crippen molar-refractivity contribution < 1.29 is 9.59 Å². The van der Waals surface area contributed by atoms with Crippen molar-refractivity contribution >= 4 is 34.4 Å². The largest absolute Gasteiger partial charge is 0.378 e. The molecular weight excluding hydrogens is 424 g/mol. The van der Waals surface area contributed by atoms with Crippen LogP contribution in [0.2, 0.25) is 0 Å². The van der Waals surface area contributed by atoms with Crippen molar-refractivity contribution in [1.82, 2.24) is 4.90 Å². The molecule has 0 radical (unpaired) electrons. The second-order valence-corrected chi connectivity index (χ2v) is 8.76. The fourth-order valence-electron chi connectivity index (χ4n) is 4.65. The average molecular weight is 453 g/mol. The van der Waals surface area contributed by atoms with Crippen molar-refractivity contribution in [3.8, 4) is 0 Å². The predicted molar refractivity (Wildman–Crippen MR) is 137 cm³/mol. The lowest BCUT2D eigenvalue weighted by Crippen LogP contribution is -2.47. The summed E-state index contributed by atoms with van der Waals surface area (Å²) in [6.45, 7) is 2.91. The highest BCUT2D eigenvalue weighted by atomic mass is 16.2. The maximum absolute atomic E-state index is 13.8. The Bertz CT molecular complexity index is 1230. The monoisotopic (exact) mass is 452 g/mol. The van der Waals surface area contributed by atoms with E-state index in [2.05, 4.69) is 21.9 Å². The topological polar surface area (TPSA) is 47.1 Å². The van der Waals surface area contributed by atoms with Gasteiger partial charge in [0.25, 0.3) is 11.8 Å². The van der Waals surface area contributed by atoms with Crippen LogP contribution in [-0.2, 0) is 9.59 Å². The summed E-state index contributed by atoms with van der Waals surface area (Å²) in [7, 11) is 3.88. The van der Waals surface area contributed by atoms with Gasteiger partial charge in [0.2, 0.25) is 0 Å². The molecule has 6 nitrogen and oxygen atoms in total. The number of hydrogen-bond acceptors (Lipinski definition) is 5. The second kappa shape index (κ2) is 9.06. The fraction of sp³-hybridized carbons (Fsp3) is 0.214. The van der Waals surface area contributed by atoms with E-state index in [1.807, 2.05) is 91.8 Å². The Kier molecular flexibility index (Phi) is 5.80. The zero-order valence-electron chi connectivity index (χ0n) is 19.5. The highest BCUT2D eigenvalue weighted by Crippen LogP contribution is 2.36. The summed E-state index contributed by atoms with van der Waals surface area (Å²) in [4.78, 5) is 35.2. The van der Waals surface area contributed by atoms with Crippen molar-refractivity contribution in [2.75, 3.05) is 55.0 Å².